The van der Waals surface area contributed by atoms with Crippen molar-refractivity contribution in [3.05, 3.63) is 69.4 Å². The van der Waals surface area contributed by atoms with Crippen molar-refractivity contribution < 1.29 is 9.18 Å². The van der Waals surface area contributed by atoms with E-state index in [4.69, 9.17) is 0 Å². The standard InChI is InChI=1S/C16H15BrFNO/c1-10-9-14(18)7-8-15(10)16(20)19-11(2)12-3-5-13(17)6-4-12/h3-9,11H,1-2H3,(H,19,20)/t11-/m1/s1. The zero-order valence-corrected chi connectivity index (χ0v) is 12.9. The molecule has 1 N–H and O–H groups in total. The molecule has 0 radical (unpaired) electrons. The van der Waals surface area contributed by atoms with Gasteiger partial charge in [0.25, 0.3) is 5.91 Å². The van der Waals surface area contributed by atoms with Crippen LogP contribution in [-0.4, -0.2) is 5.91 Å². The van der Waals surface area contributed by atoms with Crippen molar-refractivity contribution in [2.45, 2.75) is 19.9 Å². The zero-order valence-electron chi connectivity index (χ0n) is 11.3. The molecule has 104 valence electrons. The van der Waals surface area contributed by atoms with Gasteiger partial charge >= 0.3 is 0 Å². The van der Waals surface area contributed by atoms with Crippen LogP contribution < -0.4 is 5.32 Å². The molecule has 0 fully saturated rings. The molecule has 0 spiro atoms. The van der Waals surface area contributed by atoms with Gasteiger partial charge in [0, 0.05) is 10.0 Å². The summed E-state index contributed by atoms with van der Waals surface area (Å²) in [4.78, 5) is 12.2. The number of hydrogen-bond acceptors (Lipinski definition) is 1. The van der Waals surface area contributed by atoms with Crippen LogP contribution in [0.1, 0.15) is 34.5 Å². The van der Waals surface area contributed by atoms with Gasteiger partial charge in [0.15, 0.2) is 0 Å². The highest BCUT2D eigenvalue weighted by atomic mass is 79.9. The zero-order chi connectivity index (χ0) is 14.7. The molecule has 2 aromatic rings. The molecular weight excluding hydrogens is 321 g/mol. The third-order valence-corrected chi connectivity index (χ3v) is 3.68. The fourth-order valence-corrected chi connectivity index (χ4v) is 2.26. The molecule has 0 aliphatic carbocycles. The summed E-state index contributed by atoms with van der Waals surface area (Å²) in [6.45, 7) is 3.64. The second-order valence-corrected chi connectivity index (χ2v) is 5.62. The molecule has 2 nitrogen and oxygen atoms in total. The van der Waals surface area contributed by atoms with Gasteiger partial charge in [0.2, 0.25) is 0 Å². The highest BCUT2D eigenvalue weighted by Gasteiger charge is 2.13. The van der Waals surface area contributed by atoms with Crippen LogP contribution in [0.15, 0.2) is 46.9 Å². The van der Waals surface area contributed by atoms with Gasteiger partial charge < -0.3 is 5.32 Å². The third-order valence-electron chi connectivity index (χ3n) is 3.15. The van der Waals surface area contributed by atoms with Gasteiger partial charge in [-0.2, -0.15) is 0 Å². The molecular formula is C16H15BrFNO. The van der Waals surface area contributed by atoms with Crippen molar-refractivity contribution >= 4 is 21.8 Å². The number of nitrogens with one attached hydrogen (secondary N) is 1. The Labute approximate surface area is 126 Å². The van der Waals surface area contributed by atoms with E-state index >= 15 is 0 Å². The number of aryl methyl sites for hydroxylation is 1. The first kappa shape index (κ1) is 14.7. The molecule has 0 aliphatic heterocycles. The summed E-state index contributed by atoms with van der Waals surface area (Å²) in [6.07, 6.45) is 0. The van der Waals surface area contributed by atoms with Crippen LogP contribution in [0.5, 0.6) is 0 Å². The summed E-state index contributed by atoms with van der Waals surface area (Å²) in [6, 6.07) is 11.8. The van der Waals surface area contributed by atoms with Crippen LogP contribution >= 0.6 is 15.9 Å². The molecule has 1 amide bonds. The molecule has 2 aromatic carbocycles. The minimum Gasteiger partial charge on any atom is -0.346 e. The van der Waals surface area contributed by atoms with E-state index in [1.165, 1.54) is 18.2 Å². The fraction of sp³-hybridized carbons (Fsp3) is 0.188. The summed E-state index contributed by atoms with van der Waals surface area (Å²) in [7, 11) is 0. The number of carbonyl (C=O) groups is 1. The maximum atomic E-state index is 13.0. The monoisotopic (exact) mass is 335 g/mol. The summed E-state index contributed by atoms with van der Waals surface area (Å²) in [5, 5.41) is 2.92. The van der Waals surface area contributed by atoms with Gasteiger partial charge in [-0.3, -0.25) is 4.79 Å². The first-order valence-corrected chi connectivity index (χ1v) is 7.09. The minimum absolute atomic E-state index is 0.111. The van der Waals surface area contributed by atoms with Crippen LogP contribution in [0.3, 0.4) is 0 Å². The van der Waals surface area contributed by atoms with Crippen molar-refractivity contribution in [3.8, 4) is 0 Å². The molecule has 2 rings (SSSR count). The second-order valence-electron chi connectivity index (χ2n) is 4.71. The highest BCUT2D eigenvalue weighted by Crippen LogP contribution is 2.18. The van der Waals surface area contributed by atoms with Gasteiger partial charge in [0.1, 0.15) is 5.82 Å². The topological polar surface area (TPSA) is 29.1 Å². The molecule has 0 saturated carbocycles. The average molecular weight is 336 g/mol. The normalized spacial score (nSPS) is 12.0. The lowest BCUT2D eigenvalue weighted by Gasteiger charge is -2.15. The van der Waals surface area contributed by atoms with Crippen LogP contribution in [0, 0.1) is 12.7 Å². The Bertz CT molecular complexity index is 625. The Morgan fingerprint density at radius 1 is 1.20 bits per heavy atom. The van der Waals surface area contributed by atoms with Gasteiger partial charge in [-0.05, 0) is 55.3 Å². The van der Waals surface area contributed by atoms with Gasteiger partial charge in [0.05, 0.1) is 6.04 Å². The maximum absolute atomic E-state index is 13.0. The first-order valence-electron chi connectivity index (χ1n) is 6.30. The summed E-state index contributed by atoms with van der Waals surface area (Å²) in [5.41, 5.74) is 2.14. The quantitative estimate of drug-likeness (QED) is 0.885. The SMILES string of the molecule is Cc1cc(F)ccc1C(=O)N[C@H](C)c1ccc(Br)cc1. The Kier molecular flexibility index (Phi) is 4.55. The number of hydrogen-bond donors (Lipinski definition) is 1. The van der Waals surface area contributed by atoms with Gasteiger partial charge in [-0.1, -0.05) is 28.1 Å². The third kappa shape index (κ3) is 3.45. The van der Waals surface area contributed by atoms with Gasteiger partial charge in [-0.15, -0.1) is 0 Å². The number of halogens is 2. The minimum atomic E-state index is -0.333. The van der Waals surface area contributed by atoms with Crippen LogP contribution in [0.25, 0.3) is 0 Å². The number of carbonyl (C=O) groups excluding carboxylic acids is 1. The summed E-state index contributed by atoms with van der Waals surface area (Å²) in [5.74, 6) is -0.530. The Morgan fingerprint density at radius 3 is 2.45 bits per heavy atom. The predicted octanol–water partition coefficient (Wildman–Crippen LogP) is 4.39. The van der Waals surface area contributed by atoms with Crippen LogP contribution in [0.2, 0.25) is 0 Å². The van der Waals surface area contributed by atoms with E-state index in [1.807, 2.05) is 31.2 Å². The smallest absolute Gasteiger partial charge is 0.252 e. The molecule has 0 heterocycles. The Hall–Kier alpha value is -1.68. The van der Waals surface area contributed by atoms with Crippen molar-refractivity contribution in [1.29, 1.82) is 0 Å². The lowest BCUT2D eigenvalue weighted by atomic mass is 10.1. The van der Waals surface area contributed by atoms with Crippen molar-refractivity contribution in [2.24, 2.45) is 0 Å². The number of benzene rings is 2. The molecule has 0 saturated heterocycles. The van der Waals surface area contributed by atoms with Crippen molar-refractivity contribution in [3.63, 3.8) is 0 Å². The molecule has 0 unspecified atom stereocenters. The van der Waals surface area contributed by atoms with E-state index in [0.29, 0.717) is 11.1 Å². The molecule has 0 aliphatic rings. The van der Waals surface area contributed by atoms with E-state index in [9.17, 15) is 9.18 Å². The first-order chi connectivity index (χ1) is 9.47. The number of rotatable bonds is 3. The summed E-state index contributed by atoms with van der Waals surface area (Å²) < 4.78 is 14.0. The largest absolute Gasteiger partial charge is 0.346 e. The lowest BCUT2D eigenvalue weighted by Crippen LogP contribution is -2.27. The second kappa shape index (κ2) is 6.18. The van der Waals surface area contributed by atoms with E-state index in [-0.39, 0.29) is 17.8 Å². The van der Waals surface area contributed by atoms with E-state index < -0.39 is 0 Å². The van der Waals surface area contributed by atoms with Crippen LogP contribution in [-0.2, 0) is 0 Å². The van der Waals surface area contributed by atoms with Gasteiger partial charge in [-0.25, -0.2) is 4.39 Å². The average Bonchev–Trinajstić information content (AvgIpc) is 2.39. The highest BCUT2D eigenvalue weighted by molar-refractivity contribution is 9.10. The van der Waals surface area contributed by atoms with E-state index in [2.05, 4.69) is 21.2 Å². The summed E-state index contributed by atoms with van der Waals surface area (Å²) >= 11 is 3.38. The van der Waals surface area contributed by atoms with Crippen LogP contribution in [0.4, 0.5) is 4.39 Å². The van der Waals surface area contributed by atoms with E-state index in [1.54, 1.807) is 6.92 Å². The lowest BCUT2D eigenvalue weighted by molar-refractivity contribution is 0.0939. The fourth-order valence-electron chi connectivity index (χ4n) is 1.99. The van der Waals surface area contributed by atoms with E-state index in [0.717, 1.165) is 10.0 Å². The number of amides is 1. The molecule has 0 aromatic heterocycles. The van der Waals surface area contributed by atoms with Crippen molar-refractivity contribution in [2.75, 3.05) is 0 Å². The molecule has 20 heavy (non-hydrogen) atoms. The Balaban J connectivity index is 2.13. The molecule has 1 atom stereocenters. The van der Waals surface area contributed by atoms with Crippen molar-refractivity contribution in [1.82, 2.24) is 5.32 Å². The maximum Gasteiger partial charge on any atom is 0.252 e. The molecule has 0 bridgehead atoms. The predicted molar refractivity (Wildman–Crippen MR) is 81.2 cm³/mol. The molecule has 4 heteroatoms. The Morgan fingerprint density at radius 2 is 1.85 bits per heavy atom.